The first-order valence-corrected chi connectivity index (χ1v) is 4.48. The SMILES string of the molecule is CC(=O)C(C#N)=C(O)c1ccc(F)s1. The number of nitrogens with zero attached hydrogens (tertiary/aromatic N) is 1. The average molecular weight is 211 g/mol. The van der Waals surface area contributed by atoms with Crippen LogP contribution in [-0.4, -0.2) is 10.9 Å². The number of halogens is 1. The first-order chi connectivity index (χ1) is 6.56. The van der Waals surface area contributed by atoms with Crippen LogP contribution in [0.4, 0.5) is 4.39 Å². The van der Waals surface area contributed by atoms with Crippen molar-refractivity contribution in [3.63, 3.8) is 0 Å². The highest BCUT2D eigenvalue weighted by Crippen LogP contribution is 2.23. The summed E-state index contributed by atoms with van der Waals surface area (Å²) in [7, 11) is 0. The Hall–Kier alpha value is -1.67. The van der Waals surface area contributed by atoms with Gasteiger partial charge in [-0.1, -0.05) is 0 Å². The second-order valence-corrected chi connectivity index (χ2v) is 3.53. The molecular weight excluding hydrogens is 205 g/mol. The lowest BCUT2D eigenvalue weighted by atomic mass is 10.1. The van der Waals surface area contributed by atoms with Gasteiger partial charge in [0.15, 0.2) is 16.7 Å². The van der Waals surface area contributed by atoms with Gasteiger partial charge in [0.25, 0.3) is 0 Å². The van der Waals surface area contributed by atoms with Crippen LogP contribution in [0.25, 0.3) is 5.76 Å². The number of allylic oxidation sites excluding steroid dienone is 1. The molecule has 0 aliphatic rings. The molecule has 1 aromatic heterocycles. The Bertz CT molecular complexity index is 442. The van der Waals surface area contributed by atoms with Crippen molar-refractivity contribution >= 4 is 22.9 Å². The summed E-state index contributed by atoms with van der Waals surface area (Å²) in [4.78, 5) is 11.0. The number of aliphatic hydroxyl groups excluding tert-OH is 1. The molecule has 0 aliphatic carbocycles. The highest BCUT2D eigenvalue weighted by molar-refractivity contribution is 7.11. The van der Waals surface area contributed by atoms with E-state index in [0.717, 1.165) is 6.07 Å². The van der Waals surface area contributed by atoms with E-state index in [-0.39, 0.29) is 10.5 Å². The molecule has 0 saturated heterocycles. The van der Waals surface area contributed by atoms with Crippen molar-refractivity contribution < 1.29 is 14.3 Å². The number of Topliss-reactive ketones (excluding diaryl/α,β-unsaturated/α-hetero) is 1. The summed E-state index contributed by atoms with van der Waals surface area (Å²) in [6, 6.07) is 4.05. The Morgan fingerprint density at radius 2 is 2.29 bits per heavy atom. The highest BCUT2D eigenvalue weighted by Gasteiger charge is 2.13. The van der Waals surface area contributed by atoms with Crippen molar-refractivity contribution in [3.05, 3.63) is 27.7 Å². The normalized spacial score (nSPS) is 11.8. The molecule has 0 aromatic carbocycles. The number of carbonyl (C=O) groups is 1. The second-order valence-electron chi connectivity index (χ2n) is 2.50. The van der Waals surface area contributed by atoms with Gasteiger partial charge in [0.05, 0.1) is 4.88 Å². The van der Waals surface area contributed by atoms with E-state index in [2.05, 4.69) is 0 Å². The molecule has 3 nitrogen and oxygen atoms in total. The fourth-order valence-corrected chi connectivity index (χ4v) is 1.54. The molecule has 0 saturated carbocycles. The number of rotatable bonds is 2. The molecule has 0 spiro atoms. The van der Waals surface area contributed by atoms with E-state index >= 15 is 0 Å². The molecule has 1 heterocycles. The molecule has 14 heavy (non-hydrogen) atoms. The summed E-state index contributed by atoms with van der Waals surface area (Å²) in [5.74, 6) is -1.01. The van der Waals surface area contributed by atoms with Crippen molar-refractivity contribution in [2.75, 3.05) is 0 Å². The number of hydrogen-bond acceptors (Lipinski definition) is 4. The van der Waals surface area contributed by atoms with Gasteiger partial charge in [-0.15, -0.1) is 11.3 Å². The molecule has 1 aromatic rings. The molecule has 1 N–H and O–H groups in total. The van der Waals surface area contributed by atoms with Gasteiger partial charge in [0.2, 0.25) is 0 Å². The predicted molar refractivity (Wildman–Crippen MR) is 50.1 cm³/mol. The van der Waals surface area contributed by atoms with Gasteiger partial charge in [-0.2, -0.15) is 9.65 Å². The molecule has 5 heteroatoms. The molecule has 0 amide bonds. The summed E-state index contributed by atoms with van der Waals surface area (Å²) in [6.45, 7) is 1.17. The average Bonchev–Trinajstić information content (AvgIpc) is 2.52. The van der Waals surface area contributed by atoms with Gasteiger partial charge in [0.1, 0.15) is 11.6 Å². The van der Waals surface area contributed by atoms with Gasteiger partial charge in [0, 0.05) is 6.92 Å². The minimum absolute atomic E-state index is 0.175. The third-order valence-corrected chi connectivity index (χ3v) is 2.39. The number of aliphatic hydroxyl groups is 1. The van der Waals surface area contributed by atoms with Crippen molar-refractivity contribution in [2.24, 2.45) is 0 Å². The number of carbonyl (C=O) groups excluding carboxylic acids is 1. The van der Waals surface area contributed by atoms with Gasteiger partial charge < -0.3 is 5.11 Å². The van der Waals surface area contributed by atoms with Crippen LogP contribution in [0, 0.1) is 16.5 Å². The van der Waals surface area contributed by atoms with Gasteiger partial charge in [-0.25, -0.2) is 0 Å². The van der Waals surface area contributed by atoms with E-state index in [0.29, 0.717) is 11.3 Å². The number of thiophene rings is 1. The Morgan fingerprint density at radius 3 is 2.64 bits per heavy atom. The molecule has 0 unspecified atom stereocenters. The lowest BCUT2D eigenvalue weighted by molar-refractivity contribution is -0.113. The lowest BCUT2D eigenvalue weighted by Crippen LogP contribution is -1.97. The molecule has 0 bridgehead atoms. The van der Waals surface area contributed by atoms with E-state index in [1.54, 1.807) is 6.07 Å². The van der Waals surface area contributed by atoms with E-state index in [9.17, 15) is 14.3 Å². The summed E-state index contributed by atoms with van der Waals surface area (Å²) >= 11 is 0.679. The molecular formula is C9H6FNO2S. The largest absolute Gasteiger partial charge is 0.505 e. The quantitative estimate of drug-likeness (QED) is 0.463. The minimum Gasteiger partial charge on any atom is -0.505 e. The molecule has 0 atom stereocenters. The minimum atomic E-state index is -0.543. The van der Waals surface area contributed by atoms with Crippen molar-refractivity contribution in [1.82, 2.24) is 0 Å². The first-order valence-electron chi connectivity index (χ1n) is 3.66. The van der Waals surface area contributed by atoms with E-state index in [1.165, 1.54) is 13.0 Å². The van der Waals surface area contributed by atoms with Crippen LogP contribution in [0.15, 0.2) is 17.7 Å². The zero-order valence-electron chi connectivity index (χ0n) is 7.24. The first kappa shape index (κ1) is 10.4. The smallest absolute Gasteiger partial charge is 0.177 e. The summed E-state index contributed by atoms with van der Waals surface area (Å²) in [5, 5.41) is 17.5. The zero-order valence-corrected chi connectivity index (χ0v) is 8.06. The maximum absolute atomic E-state index is 12.6. The van der Waals surface area contributed by atoms with Crippen LogP contribution in [0.5, 0.6) is 0 Å². The third kappa shape index (κ3) is 1.98. The molecule has 72 valence electrons. The van der Waals surface area contributed by atoms with Crippen molar-refractivity contribution in [1.29, 1.82) is 5.26 Å². The van der Waals surface area contributed by atoms with Crippen LogP contribution in [-0.2, 0) is 4.79 Å². The topological polar surface area (TPSA) is 61.1 Å². The number of ketones is 1. The lowest BCUT2D eigenvalue weighted by Gasteiger charge is -1.96. The van der Waals surface area contributed by atoms with E-state index in [4.69, 9.17) is 5.26 Å². The summed E-state index contributed by atoms with van der Waals surface area (Å²) in [6.07, 6.45) is 0. The maximum Gasteiger partial charge on any atom is 0.177 e. The standard InChI is InChI=1S/C9H6FNO2S/c1-5(12)6(4-11)9(13)7-2-3-8(10)14-7/h2-3,13H,1H3. The summed E-state index contributed by atoms with van der Waals surface area (Å²) < 4.78 is 12.6. The van der Waals surface area contributed by atoms with E-state index < -0.39 is 16.7 Å². The Kier molecular flexibility index (Phi) is 2.99. The van der Waals surface area contributed by atoms with Crippen LogP contribution in [0.2, 0.25) is 0 Å². The van der Waals surface area contributed by atoms with E-state index in [1.807, 2.05) is 0 Å². The monoisotopic (exact) mass is 211 g/mol. The number of hydrogen-bond donors (Lipinski definition) is 1. The Labute approximate surface area is 83.7 Å². The molecule has 1 rings (SSSR count). The van der Waals surface area contributed by atoms with Crippen LogP contribution < -0.4 is 0 Å². The number of nitriles is 1. The Balaban J connectivity index is 3.22. The Morgan fingerprint density at radius 1 is 1.64 bits per heavy atom. The highest BCUT2D eigenvalue weighted by atomic mass is 32.1. The predicted octanol–water partition coefficient (Wildman–Crippen LogP) is 2.27. The second kappa shape index (κ2) is 4.03. The van der Waals surface area contributed by atoms with Crippen LogP contribution >= 0.6 is 11.3 Å². The molecule has 0 aliphatic heterocycles. The van der Waals surface area contributed by atoms with Crippen molar-refractivity contribution in [2.45, 2.75) is 6.92 Å². The fourth-order valence-electron chi connectivity index (χ4n) is 0.863. The molecule has 0 radical (unpaired) electrons. The van der Waals surface area contributed by atoms with Crippen molar-refractivity contribution in [3.8, 4) is 6.07 Å². The van der Waals surface area contributed by atoms with Gasteiger partial charge in [-0.3, -0.25) is 4.79 Å². The van der Waals surface area contributed by atoms with Gasteiger partial charge in [-0.05, 0) is 12.1 Å². The van der Waals surface area contributed by atoms with Gasteiger partial charge >= 0.3 is 0 Å². The maximum atomic E-state index is 12.6. The molecule has 0 fully saturated rings. The van der Waals surface area contributed by atoms with Crippen LogP contribution in [0.3, 0.4) is 0 Å². The zero-order chi connectivity index (χ0) is 10.7. The fraction of sp³-hybridized carbons (Fsp3) is 0.111. The summed E-state index contributed by atoms with van der Waals surface area (Å²) in [5.41, 5.74) is -0.355. The van der Waals surface area contributed by atoms with Crippen LogP contribution in [0.1, 0.15) is 11.8 Å². The third-order valence-electron chi connectivity index (χ3n) is 1.51.